The summed E-state index contributed by atoms with van der Waals surface area (Å²) < 4.78 is 5.35. The van der Waals surface area contributed by atoms with Crippen LogP contribution in [-0.2, 0) is 6.61 Å². The molecule has 0 saturated heterocycles. The second-order valence-electron chi connectivity index (χ2n) is 8.47. The Hall–Kier alpha value is -3.74. The van der Waals surface area contributed by atoms with Gasteiger partial charge in [0.15, 0.2) is 0 Å². The minimum Gasteiger partial charge on any atom is -0.497 e. The van der Waals surface area contributed by atoms with Gasteiger partial charge >= 0.3 is 5.97 Å². The number of fused-ring (bicyclic) bond motifs is 1. The SMILES string of the molecule is COc1ccc2c(c1)=CCC(c1cc(-c3cc(Cl)cc(Cl)c3)nn1OCc1ccc(C(=O)O)cc1)C=2. The van der Waals surface area contributed by atoms with E-state index in [0.717, 1.165) is 39.4 Å². The number of hydrogen-bond acceptors (Lipinski definition) is 4. The van der Waals surface area contributed by atoms with E-state index in [-0.39, 0.29) is 18.1 Å². The molecule has 1 atom stereocenters. The van der Waals surface area contributed by atoms with Crippen molar-refractivity contribution in [3.8, 4) is 17.0 Å². The third-order valence-corrected chi connectivity index (χ3v) is 6.50. The van der Waals surface area contributed by atoms with Crippen LogP contribution in [0.25, 0.3) is 23.4 Å². The van der Waals surface area contributed by atoms with Gasteiger partial charge in [0.2, 0.25) is 0 Å². The van der Waals surface area contributed by atoms with Gasteiger partial charge in [-0.15, -0.1) is 9.94 Å². The number of halogens is 2. The molecule has 6 nitrogen and oxygen atoms in total. The highest BCUT2D eigenvalue weighted by molar-refractivity contribution is 6.35. The first-order valence-corrected chi connectivity index (χ1v) is 12.0. The third kappa shape index (κ3) is 5.10. The Morgan fingerprint density at radius 2 is 1.78 bits per heavy atom. The molecule has 3 aromatic carbocycles. The highest BCUT2D eigenvalue weighted by Gasteiger charge is 2.20. The van der Waals surface area contributed by atoms with Gasteiger partial charge in [-0.1, -0.05) is 53.6 Å². The van der Waals surface area contributed by atoms with Gasteiger partial charge in [-0.25, -0.2) is 4.79 Å². The molecule has 36 heavy (non-hydrogen) atoms. The zero-order valence-electron chi connectivity index (χ0n) is 19.3. The van der Waals surface area contributed by atoms with Crippen molar-refractivity contribution in [2.75, 3.05) is 7.11 Å². The number of rotatable bonds is 7. The van der Waals surface area contributed by atoms with Crippen LogP contribution in [-0.4, -0.2) is 28.1 Å². The summed E-state index contributed by atoms with van der Waals surface area (Å²) in [5, 5.41) is 17.1. The molecular formula is C28H22Cl2N2O4. The molecule has 0 spiro atoms. The van der Waals surface area contributed by atoms with Crippen LogP contribution < -0.4 is 20.0 Å². The van der Waals surface area contributed by atoms with E-state index in [1.54, 1.807) is 42.3 Å². The van der Waals surface area contributed by atoms with E-state index < -0.39 is 5.97 Å². The second kappa shape index (κ2) is 10.1. The van der Waals surface area contributed by atoms with Crippen LogP contribution in [0.5, 0.6) is 5.75 Å². The maximum atomic E-state index is 11.1. The summed E-state index contributed by atoms with van der Waals surface area (Å²) in [6.45, 7) is 0.217. The molecule has 0 fully saturated rings. The normalized spacial score (nSPS) is 14.4. The van der Waals surface area contributed by atoms with Gasteiger partial charge in [0.05, 0.1) is 24.1 Å². The predicted molar refractivity (Wildman–Crippen MR) is 140 cm³/mol. The standard InChI is InChI=1S/C28H22Cl2N2O4/c1-35-25-9-8-19-10-21(7-6-20(19)13-25)27-15-26(22-11-23(29)14-24(30)12-22)31-32(27)36-16-17-2-4-18(5-3-17)28(33)34/h2-6,8-15,21H,7,16H2,1H3,(H,33,34). The molecule has 0 bridgehead atoms. The van der Waals surface area contributed by atoms with Gasteiger partial charge in [-0.05, 0) is 71.0 Å². The molecule has 0 radical (unpaired) electrons. The average molecular weight is 521 g/mol. The van der Waals surface area contributed by atoms with Crippen LogP contribution in [0.2, 0.25) is 10.0 Å². The zero-order chi connectivity index (χ0) is 25.2. The number of aromatic nitrogens is 2. The number of aromatic carboxylic acids is 1. The van der Waals surface area contributed by atoms with Crippen LogP contribution in [0.1, 0.15) is 34.0 Å². The van der Waals surface area contributed by atoms with Crippen LogP contribution in [0.3, 0.4) is 0 Å². The summed E-state index contributed by atoms with van der Waals surface area (Å²) in [7, 11) is 1.66. The summed E-state index contributed by atoms with van der Waals surface area (Å²) in [6.07, 6.45) is 5.14. The van der Waals surface area contributed by atoms with Crippen LogP contribution in [0.4, 0.5) is 0 Å². The molecule has 1 N–H and O–H groups in total. The maximum Gasteiger partial charge on any atom is 0.335 e. The summed E-state index contributed by atoms with van der Waals surface area (Å²) >= 11 is 12.5. The van der Waals surface area contributed by atoms with Gasteiger partial charge in [0.1, 0.15) is 12.4 Å². The molecule has 182 valence electrons. The summed E-state index contributed by atoms with van der Waals surface area (Å²) in [5.74, 6) is -0.126. The molecule has 0 saturated carbocycles. The van der Waals surface area contributed by atoms with Gasteiger partial charge in [0, 0.05) is 21.5 Å². The Morgan fingerprint density at radius 3 is 2.47 bits per heavy atom. The Morgan fingerprint density at radius 1 is 1.03 bits per heavy atom. The van der Waals surface area contributed by atoms with E-state index >= 15 is 0 Å². The minimum absolute atomic E-state index is 0.0242. The van der Waals surface area contributed by atoms with Crippen LogP contribution >= 0.6 is 23.2 Å². The molecule has 4 aromatic rings. The molecule has 8 heteroatoms. The highest BCUT2D eigenvalue weighted by atomic mass is 35.5. The van der Waals surface area contributed by atoms with Crippen molar-refractivity contribution < 1.29 is 19.5 Å². The fraction of sp³-hybridized carbons (Fsp3) is 0.143. The van der Waals surface area contributed by atoms with Gasteiger partial charge < -0.3 is 14.7 Å². The Labute approximate surface area is 217 Å². The van der Waals surface area contributed by atoms with Gasteiger partial charge in [-0.2, -0.15) is 0 Å². The molecule has 5 rings (SSSR count). The molecule has 1 aromatic heterocycles. The first-order valence-electron chi connectivity index (χ1n) is 11.3. The Balaban J connectivity index is 1.50. The second-order valence-corrected chi connectivity index (χ2v) is 9.34. The van der Waals surface area contributed by atoms with Gasteiger partial charge in [-0.3, -0.25) is 0 Å². The Bertz CT molecular complexity index is 1540. The summed E-state index contributed by atoms with van der Waals surface area (Å²) in [6, 6.07) is 19.9. The van der Waals surface area contributed by atoms with E-state index in [4.69, 9.17) is 43.0 Å². The van der Waals surface area contributed by atoms with E-state index in [1.165, 1.54) is 0 Å². The number of carboxylic acids is 1. The molecule has 1 aliphatic rings. The molecule has 1 heterocycles. The first-order chi connectivity index (χ1) is 17.4. The maximum absolute atomic E-state index is 11.1. The topological polar surface area (TPSA) is 73.6 Å². The number of carboxylic acid groups (broad SMARTS) is 1. The van der Waals surface area contributed by atoms with Crippen LogP contribution in [0.15, 0.2) is 66.7 Å². The number of carbonyl (C=O) groups is 1. The van der Waals surface area contributed by atoms with Crippen molar-refractivity contribution in [1.29, 1.82) is 0 Å². The lowest BCUT2D eigenvalue weighted by Crippen LogP contribution is -2.29. The van der Waals surface area contributed by atoms with Gasteiger partial charge in [0.25, 0.3) is 0 Å². The van der Waals surface area contributed by atoms with Crippen molar-refractivity contribution in [1.82, 2.24) is 9.94 Å². The average Bonchev–Trinajstić information content (AvgIpc) is 3.31. The van der Waals surface area contributed by atoms with E-state index in [1.807, 2.05) is 36.4 Å². The number of methoxy groups -OCH3 is 1. The summed E-state index contributed by atoms with van der Waals surface area (Å²) in [4.78, 5) is 18.8. The number of ether oxygens (including phenoxy) is 1. The summed E-state index contributed by atoms with van der Waals surface area (Å²) in [5.41, 5.74) is 3.39. The largest absolute Gasteiger partial charge is 0.497 e. The number of nitrogens with zero attached hydrogens (tertiary/aromatic N) is 2. The fourth-order valence-electron chi connectivity index (χ4n) is 4.21. The molecular weight excluding hydrogens is 499 g/mol. The smallest absolute Gasteiger partial charge is 0.335 e. The Kier molecular flexibility index (Phi) is 6.72. The number of benzene rings is 3. The predicted octanol–water partition coefficient (Wildman–Crippen LogP) is 4.94. The minimum atomic E-state index is -0.969. The van der Waals surface area contributed by atoms with Crippen molar-refractivity contribution in [2.45, 2.75) is 18.9 Å². The van der Waals surface area contributed by atoms with Crippen molar-refractivity contribution in [3.63, 3.8) is 0 Å². The third-order valence-electron chi connectivity index (χ3n) is 6.06. The fourth-order valence-corrected chi connectivity index (χ4v) is 4.73. The van der Waals surface area contributed by atoms with Crippen molar-refractivity contribution in [2.24, 2.45) is 0 Å². The highest BCUT2D eigenvalue weighted by Crippen LogP contribution is 2.31. The first kappa shape index (κ1) is 24.0. The lowest BCUT2D eigenvalue weighted by molar-refractivity contribution is 0.0634. The monoisotopic (exact) mass is 520 g/mol. The lowest BCUT2D eigenvalue weighted by Gasteiger charge is -2.16. The van der Waals surface area contributed by atoms with Crippen molar-refractivity contribution >= 4 is 41.3 Å². The molecule has 0 amide bonds. The lowest BCUT2D eigenvalue weighted by atomic mass is 9.94. The van der Waals surface area contributed by atoms with Crippen molar-refractivity contribution in [3.05, 3.63) is 104 Å². The number of hydrogen-bond donors (Lipinski definition) is 1. The zero-order valence-corrected chi connectivity index (χ0v) is 20.8. The molecule has 1 unspecified atom stereocenters. The van der Waals surface area contributed by atoms with E-state index in [9.17, 15) is 4.79 Å². The van der Waals surface area contributed by atoms with E-state index in [0.29, 0.717) is 15.7 Å². The van der Waals surface area contributed by atoms with E-state index in [2.05, 4.69) is 12.2 Å². The van der Waals surface area contributed by atoms with Crippen LogP contribution in [0, 0.1) is 0 Å². The molecule has 0 aliphatic heterocycles. The molecule has 1 aliphatic carbocycles. The quantitative estimate of drug-likeness (QED) is 0.373.